The fourth-order valence-electron chi connectivity index (χ4n) is 1.60. The number of rotatable bonds is 6. The summed E-state index contributed by atoms with van der Waals surface area (Å²) in [6.45, 7) is 6.44. The lowest BCUT2D eigenvalue weighted by Crippen LogP contribution is -2.32. The van der Waals surface area contributed by atoms with E-state index < -0.39 is 5.97 Å². The van der Waals surface area contributed by atoms with E-state index in [0.717, 1.165) is 0 Å². The molecule has 0 radical (unpaired) electrons. The minimum Gasteiger partial charge on any atom is -0.465 e. The summed E-state index contributed by atoms with van der Waals surface area (Å²) in [6, 6.07) is 0.0581. The third kappa shape index (κ3) is 4.17. The topological polar surface area (TPSA) is 73.3 Å². The van der Waals surface area contributed by atoms with Gasteiger partial charge in [-0.05, 0) is 12.8 Å². The second kappa shape index (κ2) is 7.04. The van der Waals surface area contributed by atoms with Crippen LogP contribution in [-0.2, 0) is 9.47 Å². The van der Waals surface area contributed by atoms with Crippen LogP contribution < -0.4 is 5.32 Å². The molecule has 1 atom stereocenters. The minimum absolute atomic E-state index is 0.0581. The van der Waals surface area contributed by atoms with E-state index in [-0.39, 0.29) is 6.04 Å². The number of esters is 1. The summed E-state index contributed by atoms with van der Waals surface area (Å²) in [5, 5.41) is 3.23. The summed E-state index contributed by atoms with van der Waals surface area (Å²) in [5.41, 5.74) is 0.329. The van der Waals surface area contributed by atoms with Gasteiger partial charge in [-0.2, -0.15) is 0 Å². The molecular formula is C13H21N3O3. The van der Waals surface area contributed by atoms with Crippen molar-refractivity contribution in [2.75, 3.05) is 26.1 Å². The number of carbonyl (C=O) groups excluding carboxylic acids is 1. The Balaban J connectivity index is 3.03. The number of hydrogen-bond acceptors (Lipinski definition) is 6. The number of nitrogens with zero attached hydrogens (tertiary/aromatic N) is 2. The Hall–Kier alpha value is -1.69. The van der Waals surface area contributed by atoms with E-state index in [1.54, 1.807) is 14.0 Å². The Kier molecular flexibility index (Phi) is 5.69. The molecule has 0 bridgehead atoms. The molecule has 0 saturated heterocycles. The maximum atomic E-state index is 11.7. The largest absolute Gasteiger partial charge is 0.465 e. The third-order valence-corrected chi connectivity index (χ3v) is 2.79. The standard InChI is InChI=1S/C13H21N3O3/c1-8(2)11(7-18-4)16-12-10(13(17)19-5)6-14-9(3)15-12/h6,8,11H,7H2,1-5H3,(H,14,15,16). The predicted molar refractivity (Wildman–Crippen MR) is 72.2 cm³/mol. The van der Waals surface area contributed by atoms with Gasteiger partial charge in [0.05, 0.1) is 19.8 Å². The van der Waals surface area contributed by atoms with Crippen LogP contribution in [0.25, 0.3) is 0 Å². The summed E-state index contributed by atoms with van der Waals surface area (Å²) in [6.07, 6.45) is 1.47. The van der Waals surface area contributed by atoms with E-state index in [9.17, 15) is 4.79 Å². The number of anilines is 1. The van der Waals surface area contributed by atoms with Crippen LogP contribution in [-0.4, -0.2) is 42.8 Å². The molecule has 0 aromatic carbocycles. The Bertz CT molecular complexity index is 435. The maximum Gasteiger partial charge on any atom is 0.343 e. The van der Waals surface area contributed by atoms with Crippen molar-refractivity contribution in [1.82, 2.24) is 9.97 Å². The molecule has 1 rings (SSSR count). The molecular weight excluding hydrogens is 246 g/mol. The predicted octanol–water partition coefficient (Wildman–Crippen LogP) is 1.65. The second-order valence-electron chi connectivity index (χ2n) is 4.62. The van der Waals surface area contributed by atoms with Gasteiger partial charge in [-0.1, -0.05) is 13.8 Å². The molecule has 0 aliphatic carbocycles. The SMILES string of the molecule is COCC(Nc1nc(C)ncc1C(=O)OC)C(C)C. The Morgan fingerprint density at radius 3 is 2.63 bits per heavy atom. The molecule has 0 aliphatic heterocycles. The molecule has 6 nitrogen and oxygen atoms in total. The van der Waals surface area contributed by atoms with Gasteiger partial charge in [0, 0.05) is 13.3 Å². The second-order valence-corrected chi connectivity index (χ2v) is 4.62. The van der Waals surface area contributed by atoms with Crippen LogP contribution >= 0.6 is 0 Å². The Labute approximate surface area is 113 Å². The zero-order valence-electron chi connectivity index (χ0n) is 12.1. The summed E-state index contributed by atoms with van der Waals surface area (Å²) in [7, 11) is 2.98. The minimum atomic E-state index is -0.456. The van der Waals surface area contributed by atoms with Gasteiger partial charge in [0.1, 0.15) is 17.2 Å². The van der Waals surface area contributed by atoms with Crippen molar-refractivity contribution in [1.29, 1.82) is 0 Å². The van der Waals surface area contributed by atoms with Crippen LogP contribution in [0.5, 0.6) is 0 Å². The Morgan fingerprint density at radius 2 is 2.11 bits per heavy atom. The quantitative estimate of drug-likeness (QED) is 0.790. The van der Waals surface area contributed by atoms with Gasteiger partial charge in [0.15, 0.2) is 0 Å². The van der Waals surface area contributed by atoms with Gasteiger partial charge in [0.2, 0.25) is 0 Å². The summed E-state index contributed by atoms with van der Waals surface area (Å²) >= 11 is 0. The van der Waals surface area contributed by atoms with Gasteiger partial charge in [-0.3, -0.25) is 0 Å². The number of hydrogen-bond donors (Lipinski definition) is 1. The molecule has 19 heavy (non-hydrogen) atoms. The molecule has 1 N–H and O–H groups in total. The highest BCUT2D eigenvalue weighted by Crippen LogP contribution is 2.16. The number of methoxy groups -OCH3 is 2. The fourth-order valence-corrected chi connectivity index (χ4v) is 1.60. The highest BCUT2D eigenvalue weighted by atomic mass is 16.5. The number of nitrogens with one attached hydrogen (secondary N) is 1. The first-order valence-corrected chi connectivity index (χ1v) is 6.17. The molecule has 0 spiro atoms. The monoisotopic (exact) mass is 267 g/mol. The van der Waals surface area contributed by atoms with Crippen molar-refractivity contribution in [3.63, 3.8) is 0 Å². The van der Waals surface area contributed by atoms with Crippen LogP contribution in [0.15, 0.2) is 6.20 Å². The van der Waals surface area contributed by atoms with Crippen molar-refractivity contribution in [3.05, 3.63) is 17.6 Å². The van der Waals surface area contributed by atoms with Gasteiger partial charge in [-0.25, -0.2) is 14.8 Å². The third-order valence-electron chi connectivity index (χ3n) is 2.79. The van der Waals surface area contributed by atoms with Crippen LogP contribution in [0.2, 0.25) is 0 Å². The van der Waals surface area contributed by atoms with Gasteiger partial charge < -0.3 is 14.8 Å². The van der Waals surface area contributed by atoms with Crippen LogP contribution in [0, 0.1) is 12.8 Å². The lowest BCUT2D eigenvalue weighted by molar-refractivity contribution is 0.0600. The molecule has 1 heterocycles. The normalized spacial score (nSPS) is 12.3. The molecule has 0 aliphatic rings. The van der Waals surface area contributed by atoms with Gasteiger partial charge in [0.25, 0.3) is 0 Å². The number of aryl methyl sites for hydroxylation is 1. The van der Waals surface area contributed by atoms with Crippen LogP contribution in [0.1, 0.15) is 30.0 Å². The van der Waals surface area contributed by atoms with Crippen molar-refractivity contribution >= 4 is 11.8 Å². The zero-order chi connectivity index (χ0) is 14.4. The van der Waals surface area contributed by atoms with Crippen molar-refractivity contribution in [2.24, 2.45) is 5.92 Å². The number of ether oxygens (including phenoxy) is 2. The first-order valence-electron chi connectivity index (χ1n) is 6.17. The van der Waals surface area contributed by atoms with E-state index in [1.807, 2.05) is 0 Å². The van der Waals surface area contributed by atoms with E-state index in [0.29, 0.717) is 29.7 Å². The molecule has 6 heteroatoms. The molecule has 0 fully saturated rings. The van der Waals surface area contributed by atoms with E-state index >= 15 is 0 Å². The summed E-state index contributed by atoms with van der Waals surface area (Å²) in [5.74, 6) is 0.952. The highest BCUT2D eigenvalue weighted by Gasteiger charge is 2.19. The van der Waals surface area contributed by atoms with Crippen molar-refractivity contribution < 1.29 is 14.3 Å². The lowest BCUT2D eigenvalue weighted by Gasteiger charge is -2.23. The first kappa shape index (κ1) is 15.4. The smallest absolute Gasteiger partial charge is 0.343 e. The van der Waals surface area contributed by atoms with E-state index in [2.05, 4.69) is 29.1 Å². The molecule has 0 saturated carbocycles. The van der Waals surface area contributed by atoms with Crippen molar-refractivity contribution in [3.8, 4) is 0 Å². The number of aromatic nitrogens is 2. The lowest BCUT2D eigenvalue weighted by atomic mass is 10.1. The number of carbonyl (C=O) groups is 1. The summed E-state index contributed by atoms with van der Waals surface area (Å²) in [4.78, 5) is 20.0. The molecule has 1 aromatic heterocycles. The van der Waals surface area contributed by atoms with Crippen molar-refractivity contribution in [2.45, 2.75) is 26.8 Å². The van der Waals surface area contributed by atoms with E-state index in [4.69, 9.17) is 9.47 Å². The fraction of sp³-hybridized carbons (Fsp3) is 0.615. The zero-order valence-corrected chi connectivity index (χ0v) is 12.1. The Morgan fingerprint density at radius 1 is 1.42 bits per heavy atom. The molecule has 106 valence electrons. The van der Waals surface area contributed by atoms with E-state index in [1.165, 1.54) is 13.3 Å². The average molecular weight is 267 g/mol. The first-order chi connectivity index (χ1) is 8.99. The molecule has 0 amide bonds. The van der Waals surface area contributed by atoms with Crippen LogP contribution in [0.3, 0.4) is 0 Å². The molecule has 1 aromatic rings. The van der Waals surface area contributed by atoms with Gasteiger partial charge in [-0.15, -0.1) is 0 Å². The average Bonchev–Trinajstić information content (AvgIpc) is 2.37. The molecule has 1 unspecified atom stereocenters. The summed E-state index contributed by atoms with van der Waals surface area (Å²) < 4.78 is 9.90. The van der Waals surface area contributed by atoms with Crippen LogP contribution in [0.4, 0.5) is 5.82 Å². The highest BCUT2D eigenvalue weighted by molar-refractivity contribution is 5.94. The van der Waals surface area contributed by atoms with Gasteiger partial charge >= 0.3 is 5.97 Å². The maximum absolute atomic E-state index is 11.7.